The van der Waals surface area contributed by atoms with Gasteiger partial charge in [0.2, 0.25) is 0 Å². The van der Waals surface area contributed by atoms with Gasteiger partial charge in [-0.1, -0.05) is 0 Å². The summed E-state index contributed by atoms with van der Waals surface area (Å²) in [5.41, 5.74) is 8.47. The molecular formula is C12H24N4O2. The highest BCUT2D eigenvalue weighted by Gasteiger charge is 2.27. The molecule has 0 aromatic carbocycles. The number of nitrogens with zero attached hydrogens (tertiary/aromatic N) is 1. The average molecular weight is 256 g/mol. The Bertz CT molecular complexity index is 315. The van der Waals surface area contributed by atoms with Crippen LogP contribution in [0.4, 0.5) is 4.79 Å². The maximum Gasteiger partial charge on any atom is 0.410 e. The summed E-state index contributed by atoms with van der Waals surface area (Å²) in [5, 5.41) is 0. The number of nitrogens with two attached hydrogens (primary N) is 2. The number of allylic oxidation sites excluding steroid dienone is 1. The average Bonchev–Trinajstić information content (AvgIpc) is 2.29. The van der Waals surface area contributed by atoms with Gasteiger partial charge in [-0.3, -0.25) is 5.84 Å². The fraction of sp³-hybridized carbons (Fsp3) is 0.750. The fourth-order valence-corrected chi connectivity index (χ4v) is 2.00. The summed E-state index contributed by atoms with van der Waals surface area (Å²) in [4.78, 5) is 13.6. The first kappa shape index (κ1) is 14.6. The number of likely N-dealkylation sites (tertiary alicyclic amines) is 1. The van der Waals surface area contributed by atoms with Gasteiger partial charge in [0.25, 0.3) is 0 Å². The Labute approximate surface area is 108 Å². The van der Waals surface area contributed by atoms with Crippen LogP contribution in [0.3, 0.4) is 0 Å². The molecule has 6 nitrogen and oxygen atoms in total. The monoisotopic (exact) mass is 256 g/mol. The predicted octanol–water partition coefficient (Wildman–Crippen LogP) is 0.897. The van der Waals surface area contributed by atoms with Gasteiger partial charge in [0, 0.05) is 30.9 Å². The Morgan fingerprint density at radius 3 is 2.33 bits per heavy atom. The lowest BCUT2D eigenvalue weighted by Gasteiger charge is -2.34. The molecule has 1 fully saturated rings. The van der Waals surface area contributed by atoms with Crippen molar-refractivity contribution >= 4 is 6.09 Å². The summed E-state index contributed by atoms with van der Waals surface area (Å²) in [5.74, 6) is 5.68. The van der Waals surface area contributed by atoms with Crippen molar-refractivity contribution in [2.24, 2.45) is 17.5 Å². The highest BCUT2D eigenvalue weighted by molar-refractivity contribution is 5.68. The Morgan fingerprint density at radius 2 is 1.94 bits per heavy atom. The van der Waals surface area contributed by atoms with Gasteiger partial charge in [-0.2, -0.15) is 0 Å². The van der Waals surface area contributed by atoms with Crippen LogP contribution < -0.4 is 17.0 Å². The minimum absolute atomic E-state index is 0.250. The summed E-state index contributed by atoms with van der Waals surface area (Å²) < 4.78 is 5.33. The van der Waals surface area contributed by atoms with Crippen molar-refractivity contribution in [3.63, 3.8) is 0 Å². The number of piperidine rings is 1. The molecule has 5 N–H and O–H groups in total. The normalized spacial score (nSPS) is 18.7. The maximum absolute atomic E-state index is 11.9. The first-order valence-electron chi connectivity index (χ1n) is 6.23. The summed E-state index contributed by atoms with van der Waals surface area (Å²) in [6.45, 7) is 6.93. The van der Waals surface area contributed by atoms with Crippen LogP contribution in [0.1, 0.15) is 33.6 Å². The number of ether oxygens (including phenoxy) is 1. The molecular weight excluding hydrogens is 232 g/mol. The van der Waals surface area contributed by atoms with Crippen LogP contribution in [0.25, 0.3) is 0 Å². The Balaban J connectivity index is 2.47. The van der Waals surface area contributed by atoms with Gasteiger partial charge in [0.05, 0.1) is 0 Å². The van der Waals surface area contributed by atoms with Crippen LogP contribution in [-0.2, 0) is 4.74 Å². The quantitative estimate of drug-likeness (QED) is 0.504. The van der Waals surface area contributed by atoms with E-state index in [-0.39, 0.29) is 6.09 Å². The van der Waals surface area contributed by atoms with Crippen LogP contribution >= 0.6 is 0 Å². The summed E-state index contributed by atoms with van der Waals surface area (Å²) in [6, 6.07) is 0. The van der Waals surface area contributed by atoms with Gasteiger partial charge in [-0.05, 0) is 33.6 Å². The van der Waals surface area contributed by atoms with E-state index in [9.17, 15) is 4.79 Å². The molecule has 1 rings (SSSR count). The number of rotatable bonds is 2. The lowest BCUT2D eigenvalue weighted by atomic mass is 9.94. The summed E-state index contributed by atoms with van der Waals surface area (Å²) in [6.07, 6.45) is 2.92. The summed E-state index contributed by atoms with van der Waals surface area (Å²) >= 11 is 0. The third-order valence-corrected chi connectivity index (χ3v) is 2.93. The second kappa shape index (κ2) is 5.95. The second-order valence-corrected chi connectivity index (χ2v) is 5.51. The maximum atomic E-state index is 11.9. The molecule has 6 heteroatoms. The van der Waals surface area contributed by atoms with Gasteiger partial charge in [-0.25, -0.2) is 4.79 Å². The van der Waals surface area contributed by atoms with Crippen molar-refractivity contribution < 1.29 is 9.53 Å². The van der Waals surface area contributed by atoms with Gasteiger partial charge in [0.15, 0.2) is 0 Å². The zero-order chi connectivity index (χ0) is 13.8. The molecule has 0 saturated carbocycles. The SMILES string of the molecule is CC(C)(C)OC(=O)N1CCC(/C(=C/N)NN)CC1. The molecule has 0 aromatic heterocycles. The fourth-order valence-electron chi connectivity index (χ4n) is 2.00. The molecule has 0 aromatic rings. The van der Waals surface area contributed by atoms with E-state index in [1.54, 1.807) is 4.90 Å². The number of hydrogen-bond acceptors (Lipinski definition) is 5. The first-order valence-corrected chi connectivity index (χ1v) is 6.23. The van der Waals surface area contributed by atoms with E-state index >= 15 is 0 Å². The molecule has 0 aliphatic carbocycles. The third-order valence-electron chi connectivity index (χ3n) is 2.93. The lowest BCUT2D eigenvalue weighted by Crippen LogP contribution is -2.43. The zero-order valence-corrected chi connectivity index (χ0v) is 11.4. The van der Waals surface area contributed by atoms with E-state index in [1.807, 2.05) is 20.8 Å². The molecule has 0 spiro atoms. The van der Waals surface area contributed by atoms with Crippen LogP contribution in [0.15, 0.2) is 11.9 Å². The molecule has 0 bridgehead atoms. The van der Waals surface area contributed by atoms with Gasteiger partial charge in [-0.15, -0.1) is 0 Å². The molecule has 104 valence electrons. The van der Waals surface area contributed by atoms with Crippen molar-refractivity contribution in [3.05, 3.63) is 11.9 Å². The molecule has 1 amide bonds. The molecule has 1 aliphatic rings. The molecule has 0 radical (unpaired) electrons. The molecule has 1 aliphatic heterocycles. The van der Waals surface area contributed by atoms with Crippen LogP contribution in [0.2, 0.25) is 0 Å². The van der Waals surface area contributed by atoms with E-state index in [2.05, 4.69) is 5.43 Å². The Hall–Kier alpha value is -1.43. The van der Waals surface area contributed by atoms with Crippen molar-refractivity contribution in [3.8, 4) is 0 Å². The second-order valence-electron chi connectivity index (χ2n) is 5.51. The molecule has 1 heterocycles. The van der Waals surface area contributed by atoms with Crippen molar-refractivity contribution in [2.45, 2.75) is 39.2 Å². The number of amides is 1. The third kappa shape index (κ3) is 4.10. The van der Waals surface area contributed by atoms with Crippen molar-refractivity contribution in [1.82, 2.24) is 10.3 Å². The number of hydrogen-bond donors (Lipinski definition) is 3. The van der Waals surface area contributed by atoms with Gasteiger partial charge >= 0.3 is 6.09 Å². The number of carbonyl (C=O) groups excluding carboxylic acids is 1. The minimum Gasteiger partial charge on any atom is -0.444 e. The van der Waals surface area contributed by atoms with E-state index in [1.165, 1.54) is 6.20 Å². The van der Waals surface area contributed by atoms with E-state index < -0.39 is 5.60 Å². The topological polar surface area (TPSA) is 93.6 Å². The molecule has 0 atom stereocenters. The minimum atomic E-state index is -0.449. The number of nitrogens with one attached hydrogen (secondary N) is 1. The molecule has 1 saturated heterocycles. The molecule has 0 unspecified atom stereocenters. The number of hydrazine groups is 1. The summed E-state index contributed by atoms with van der Waals surface area (Å²) in [7, 11) is 0. The smallest absolute Gasteiger partial charge is 0.410 e. The first-order chi connectivity index (χ1) is 8.37. The van der Waals surface area contributed by atoms with Gasteiger partial charge < -0.3 is 20.8 Å². The number of carbonyl (C=O) groups is 1. The van der Waals surface area contributed by atoms with Crippen LogP contribution in [0, 0.1) is 5.92 Å². The van der Waals surface area contributed by atoms with Gasteiger partial charge in [0.1, 0.15) is 5.60 Å². The highest BCUT2D eigenvalue weighted by atomic mass is 16.6. The van der Waals surface area contributed by atoms with Crippen LogP contribution in [-0.4, -0.2) is 29.7 Å². The molecule has 18 heavy (non-hydrogen) atoms. The largest absolute Gasteiger partial charge is 0.444 e. The van der Waals surface area contributed by atoms with Crippen molar-refractivity contribution in [2.75, 3.05) is 13.1 Å². The standard InChI is InChI=1S/C12H24N4O2/c1-12(2,3)18-11(17)16-6-4-9(5-7-16)10(8-13)15-14/h8-9,15H,4-7,13-14H2,1-3H3/b10-8-. The van der Waals surface area contributed by atoms with Crippen LogP contribution in [0.5, 0.6) is 0 Å². The predicted molar refractivity (Wildman–Crippen MR) is 70.1 cm³/mol. The van der Waals surface area contributed by atoms with E-state index in [0.717, 1.165) is 18.5 Å². The highest BCUT2D eigenvalue weighted by Crippen LogP contribution is 2.23. The van der Waals surface area contributed by atoms with Crippen molar-refractivity contribution in [1.29, 1.82) is 0 Å². The zero-order valence-electron chi connectivity index (χ0n) is 11.4. The van der Waals surface area contributed by atoms with E-state index in [0.29, 0.717) is 19.0 Å². The Kier molecular flexibility index (Phi) is 4.84. The lowest BCUT2D eigenvalue weighted by molar-refractivity contribution is 0.0192. The Morgan fingerprint density at radius 1 is 1.39 bits per heavy atom. The van der Waals surface area contributed by atoms with E-state index in [4.69, 9.17) is 16.3 Å².